The van der Waals surface area contributed by atoms with Crippen LogP contribution in [0, 0.1) is 12.3 Å². The number of nitrogens with one attached hydrogen (secondary N) is 1. The zero-order valence-corrected chi connectivity index (χ0v) is 11.5. The second-order valence-electron chi connectivity index (χ2n) is 5.71. The Morgan fingerprint density at radius 1 is 1.22 bits per heavy atom. The topological polar surface area (TPSA) is 67.6 Å². The third kappa shape index (κ3) is 3.07. The SMILES string of the molecule is Cc1ccc2[nH]c(CCC(C)(C)CCN)nc2n1. The fourth-order valence-corrected chi connectivity index (χ4v) is 2.13. The van der Waals surface area contributed by atoms with E-state index in [1.807, 2.05) is 19.1 Å². The van der Waals surface area contributed by atoms with Gasteiger partial charge in [-0.1, -0.05) is 13.8 Å². The molecule has 2 heterocycles. The fourth-order valence-electron chi connectivity index (χ4n) is 2.13. The Balaban J connectivity index is 2.08. The lowest BCUT2D eigenvalue weighted by Gasteiger charge is -2.22. The minimum atomic E-state index is 0.275. The molecule has 2 aromatic rings. The van der Waals surface area contributed by atoms with E-state index in [1.54, 1.807) is 0 Å². The summed E-state index contributed by atoms with van der Waals surface area (Å²) in [7, 11) is 0. The van der Waals surface area contributed by atoms with Crippen LogP contribution in [0.25, 0.3) is 11.2 Å². The summed E-state index contributed by atoms with van der Waals surface area (Å²) in [5.74, 6) is 1.02. The van der Waals surface area contributed by atoms with Crippen LogP contribution in [0.2, 0.25) is 0 Å². The van der Waals surface area contributed by atoms with Gasteiger partial charge >= 0.3 is 0 Å². The maximum Gasteiger partial charge on any atom is 0.177 e. The quantitative estimate of drug-likeness (QED) is 0.852. The first-order valence-electron chi connectivity index (χ1n) is 6.52. The summed E-state index contributed by atoms with van der Waals surface area (Å²) < 4.78 is 0. The van der Waals surface area contributed by atoms with Crippen LogP contribution in [0.1, 0.15) is 38.2 Å². The molecule has 0 unspecified atom stereocenters. The molecule has 2 aromatic heterocycles. The zero-order chi connectivity index (χ0) is 13.2. The molecule has 0 aromatic carbocycles. The Hall–Kier alpha value is -1.42. The number of aromatic amines is 1. The third-order valence-corrected chi connectivity index (χ3v) is 3.39. The number of pyridine rings is 1. The first-order valence-corrected chi connectivity index (χ1v) is 6.52. The smallest absolute Gasteiger partial charge is 0.177 e. The molecule has 0 saturated carbocycles. The van der Waals surface area contributed by atoms with Gasteiger partial charge in [-0.15, -0.1) is 0 Å². The van der Waals surface area contributed by atoms with Gasteiger partial charge in [-0.2, -0.15) is 0 Å². The van der Waals surface area contributed by atoms with Crippen LogP contribution in [0.5, 0.6) is 0 Å². The van der Waals surface area contributed by atoms with Gasteiger partial charge in [0.1, 0.15) is 5.82 Å². The highest BCUT2D eigenvalue weighted by atomic mass is 15.0. The Labute approximate surface area is 108 Å². The van der Waals surface area contributed by atoms with Crippen molar-refractivity contribution in [2.24, 2.45) is 11.1 Å². The maximum atomic E-state index is 5.63. The van der Waals surface area contributed by atoms with Crippen LogP contribution in [-0.4, -0.2) is 21.5 Å². The highest BCUT2D eigenvalue weighted by molar-refractivity contribution is 5.70. The number of hydrogen-bond acceptors (Lipinski definition) is 3. The van der Waals surface area contributed by atoms with E-state index in [1.165, 1.54) is 0 Å². The molecular weight excluding hydrogens is 224 g/mol. The molecule has 0 saturated heterocycles. The van der Waals surface area contributed by atoms with Crippen LogP contribution in [0.4, 0.5) is 0 Å². The van der Waals surface area contributed by atoms with E-state index in [2.05, 4.69) is 28.8 Å². The first kappa shape index (κ1) is 13.0. The molecule has 4 nitrogen and oxygen atoms in total. The molecule has 0 atom stereocenters. The van der Waals surface area contributed by atoms with Crippen molar-refractivity contribution in [2.45, 2.75) is 40.0 Å². The molecule has 0 spiro atoms. The van der Waals surface area contributed by atoms with Crippen LogP contribution >= 0.6 is 0 Å². The second-order valence-corrected chi connectivity index (χ2v) is 5.71. The third-order valence-electron chi connectivity index (χ3n) is 3.39. The molecule has 0 aliphatic heterocycles. The lowest BCUT2D eigenvalue weighted by molar-refractivity contribution is 0.311. The van der Waals surface area contributed by atoms with E-state index >= 15 is 0 Å². The molecule has 98 valence electrons. The molecule has 18 heavy (non-hydrogen) atoms. The summed E-state index contributed by atoms with van der Waals surface area (Å²) in [6.07, 6.45) is 3.08. The summed E-state index contributed by atoms with van der Waals surface area (Å²) in [6, 6.07) is 4.04. The Bertz CT molecular complexity index is 528. The molecular formula is C14H22N4. The van der Waals surface area contributed by atoms with Crippen molar-refractivity contribution in [2.75, 3.05) is 6.54 Å². The molecule has 0 aliphatic carbocycles. The lowest BCUT2D eigenvalue weighted by Crippen LogP contribution is -2.18. The van der Waals surface area contributed by atoms with E-state index in [4.69, 9.17) is 5.73 Å². The average Bonchev–Trinajstić information content (AvgIpc) is 2.68. The van der Waals surface area contributed by atoms with Crippen LogP contribution in [0.3, 0.4) is 0 Å². The Morgan fingerprint density at radius 3 is 2.72 bits per heavy atom. The van der Waals surface area contributed by atoms with Gasteiger partial charge in [-0.25, -0.2) is 9.97 Å². The number of aryl methyl sites for hydroxylation is 2. The van der Waals surface area contributed by atoms with Gasteiger partial charge in [0.25, 0.3) is 0 Å². The van der Waals surface area contributed by atoms with Gasteiger partial charge in [0.15, 0.2) is 5.65 Å². The average molecular weight is 246 g/mol. The van der Waals surface area contributed by atoms with Crippen LogP contribution < -0.4 is 5.73 Å². The largest absolute Gasteiger partial charge is 0.341 e. The van der Waals surface area contributed by atoms with Crippen molar-refractivity contribution >= 4 is 11.2 Å². The first-order chi connectivity index (χ1) is 8.50. The molecule has 0 aliphatic rings. The van der Waals surface area contributed by atoms with Crippen molar-refractivity contribution in [3.8, 4) is 0 Å². The summed E-state index contributed by atoms with van der Waals surface area (Å²) in [6.45, 7) is 7.24. The maximum absolute atomic E-state index is 5.63. The lowest BCUT2D eigenvalue weighted by atomic mass is 9.84. The number of rotatable bonds is 5. The number of hydrogen-bond donors (Lipinski definition) is 2. The second kappa shape index (κ2) is 5.06. The minimum absolute atomic E-state index is 0.275. The molecule has 4 heteroatoms. The van der Waals surface area contributed by atoms with Crippen molar-refractivity contribution in [3.63, 3.8) is 0 Å². The number of H-pyrrole nitrogens is 1. The van der Waals surface area contributed by atoms with Crippen molar-refractivity contribution in [1.29, 1.82) is 0 Å². The van der Waals surface area contributed by atoms with Gasteiger partial charge in [-0.05, 0) is 43.9 Å². The Kier molecular flexibility index (Phi) is 3.66. The molecule has 3 N–H and O–H groups in total. The van der Waals surface area contributed by atoms with Gasteiger partial charge in [0.2, 0.25) is 0 Å². The minimum Gasteiger partial charge on any atom is -0.341 e. The van der Waals surface area contributed by atoms with Crippen molar-refractivity contribution in [3.05, 3.63) is 23.7 Å². The molecule has 0 radical (unpaired) electrons. The van der Waals surface area contributed by atoms with Crippen molar-refractivity contribution < 1.29 is 0 Å². The molecule has 0 fully saturated rings. The number of nitrogens with two attached hydrogens (primary N) is 1. The monoisotopic (exact) mass is 246 g/mol. The number of nitrogens with zero attached hydrogens (tertiary/aromatic N) is 2. The highest BCUT2D eigenvalue weighted by Gasteiger charge is 2.17. The summed E-state index contributed by atoms with van der Waals surface area (Å²) in [5.41, 5.74) is 8.75. The molecule has 2 rings (SSSR count). The van der Waals surface area contributed by atoms with E-state index < -0.39 is 0 Å². The summed E-state index contributed by atoms with van der Waals surface area (Å²) in [4.78, 5) is 12.3. The van der Waals surface area contributed by atoms with Crippen LogP contribution in [-0.2, 0) is 6.42 Å². The van der Waals surface area contributed by atoms with E-state index in [-0.39, 0.29) is 5.41 Å². The summed E-state index contributed by atoms with van der Waals surface area (Å²) in [5, 5.41) is 0. The Morgan fingerprint density at radius 2 is 2.00 bits per heavy atom. The fraction of sp³-hybridized carbons (Fsp3) is 0.571. The number of aromatic nitrogens is 3. The molecule has 0 bridgehead atoms. The van der Waals surface area contributed by atoms with Gasteiger partial charge < -0.3 is 10.7 Å². The van der Waals surface area contributed by atoms with Gasteiger partial charge in [0.05, 0.1) is 5.52 Å². The van der Waals surface area contributed by atoms with E-state index in [9.17, 15) is 0 Å². The van der Waals surface area contributed by atoms with Gasteiger partial charge in [-0.3, -0.25) is 0 Å². The van der Waals surface area contributed by atoms with E-state index in [0.29, 0.717) is 0 Å². The van der Waals surface area contributed by atoms with Gasteiger partial charge in [0, 0.05) is 12.1 Å². The predicted octanol–water partition coefficient (Wildman–Crippen LogP) is 2.57. The zero-order valence-electron chi connectivity index (χ0n) is 11.5. The number of imidazole rings is 1. The van der Waals surface area contributed by atoms with E-state index in [0.717, 1.165) is 48.5 Å². The normalized spacial score (nSPS) is 12.2. The number of fused-ring (bicyclic) bond motifs is 1. The van der Waals surface area contributed by atoms with Crippen molar-refractivity contribution in [1.82, 2.24) is 15.0 Å². The summed E-state index contributed by atoms with van der Waals surface area (Å²) >= 11 is 0. The van der Waals surface area contributed by atoms with Crippen LogP contribution in [0.15, 0.2) is 12.1 Å². The standard InChI is InChI=1S/C14H22N4/c1-10-4-5-11-13(16-10)18-12(17-11)6-7-14(2,3)8-9-15/h4-5H,6-9,15H2,1-3H3,(H,16,17,18). The predicted molar refractivity (Wildman–Crippen MR) is 74.4 cm³/mol. The highest BCUT2D eigenvalue weighted by Crippen LogP contribution is 2.26. The molecule has 0 amide bonds.